The molecule has 0 fully saturated rings. The average molecular weight is 187 g/mol. The van der Waals surface area contributed by atoms with Crippen LogP contribution in [0.15, 0.2) is 0 Å². The highest BCUT2D eigenvalue weighted by atomic mass is 16.2. The molecule has 0 aromatic carbocycles. The molecule has 0 bridgehead atoms. The highest BCUT2D eigenvalue weighted by molar-refractivity contribution is 5.96. The molecule has 0 aliphatic carbocycles. The number of amides is 1. The molecule has 0 atom stereocenters. The van der Waals surface area contributed by atoms with Gasteiger partial charge in [-0.3, -0.25) is 14.6 Å². The fraction of sp³-hybridized carbons (Fsp3) is 0.750. The number of Topliss-reactive ketones (excluding diaryl/α,β-unsaturated/α-hetero) is 1. The van der Waals surface area contributed by atoms with Gasteiger partial charge in [0.2, 0.25) is 5.91 Å². The average Bonchev–Trinajstić information content (AvgIpc) is 2.03. The molecule has 5 heteroatoms. The molecule has 0 aromatic heterocycles. The Labute approximate surface area is 78.0 Å². The smallest absolute Gasteiger partial charge is 0.243 e. The number of unbranched alkanes of at least 4 members (excludes halogenated alkanes) is 1. The number of hydrogen-bond acceptors (Lipinski definition) is 4. The Morgan fingerprint density at radius 2 is 1.92 bits per heavy atom. The third-order valence-corrected chi connectivity index (χ3v) is 1.57. The summed E-state index contributed by atoms with van der Waals surface area (Å²) in [5.74, 6) is 4.90. The minimum Gasteiger partial charge on any atom is -0.330 e. The first-order valence-corrected chi connectivity index (χ1v) is 4.32. The molecule has 0 heterocycles. The molecule has 0 spiro atoms. The lowest BCUT2D eigenvalue weighted by molar-refractivity contribution is -0.135. The van der Waals surface area contributed by atoms with Crippen LogP contribution in [0.25, 0.3) is 0 Å². The lowest BCUT2D eigenvalue weighted by Gasteiger charge is -2.15. The van der Waals surface area contributed by atoms with E-state index in [0.717, 1.165) is 17.9 Å². The van der Waals surface area contributed by atoms with E-state index in [1.807, 2.05) is 0 Å². The zero-order chi connectivity index (χ0) is 10.3. The van der Waals surface area contributed by atoms with Gasteiger partial charge in [0.15, 0.2) is 0 Å². The van der Waals surface area contributed by atoms with Gasteiger partial charge >= 0.3 is 0 Å². The molecule has 0 saturated heterocycles. The minimum absolute atomic E-state index is 0.112. The number of carbonyl (C=O) groups excluding carboxylic acids is 2. The van der Waals surface area contributed by atoms with Gasteiger partial charge in [-0.1, -0.05) is 0 Å². The van der Waals surface area contributed by atoms with Crippen LogP contribution in [0.1, 0.15) is 26.2 Å². The molecule has 4 N–H and O–H groups in total. The van der Waals surface area contributed by atoms with Crippen molar-refractivity contribution in [2.75, 3.05) is 13.1 Å². The topological polar surface area (TPSA) is 89.4 Å². The fourth-order valence-electron chi connectivity index (χ4n) is 0.866. The van der Waals surface area contributed by atoms with Crippen molar-refractivity contribution >= 4 is 11.7 Å². The Kier molecular flexibility index (Phi) is 6.09. The number of nitrogens with zero attached hydrogens (tertiary/aromatic N) is 1. The number of ketones is 1. The molecule has 0 aromatic rings. The molecule has 0 radical (unpaired) electrons. The monoisotopic (exact) mass is 187 g/mol. The van der Waals surface area contributed by atoms with Crippen molar-refractivity contribution in [2.45, 2.75) is 26.2 Å². The summed E-state index contributed by atoms with van der Waals surface area (Å²) in [7, 11) is 0. The van der Waals surface area contributed by atoms with Crippen molar-refractivity contribution in [3.8, 4) is 0 Å². The number of nitrogens with two attached hydrogens (primary N) is 2. The van der Waals surface area contributed by atoms with Crippen molar-refractivity contribution in [3.05, 3.63) is 0 Å². The normalized spacial score (nSPS) is 9.77. The summed E-state index contributed by atoms with van der Waals surface area (Å²) in [6.45, 7) is 2.42. The van der Waals surface area contributed by atoms with E-state index < -0.39 is 0 Å². The molecule has 76 valence electrons. The van der Waals surface area contributed by atoms with Gasteiger partial charge < -0.3 is 5.73 Å². The van der Waals surface area contributed by atoms with Crippen LogP contribution < -0.4 is 11.6 Å². The standard InChI is InChI=1S/C8H17N3O2/c1-7(12)6-8(13)11(10)5-3-2-4-9/h2-6,9-10H2,1H3. The lowest BCUT2D eigenvalue weighted by Crippen LogP contribution is -2.39. The van der Waals surface area contributed by atoms with E-state index in [1.54, 1.807) is 0 Å². The maximum Gasteiger partial charge on any atom is 0.243 e. The molecule has 0 aliphatic heterocycles. The molecular formula is C8H17N3O2. The fourth-order valence-corrected chi connectivity index (χ4v) is 0.866. The second kappa shape index (κ2) is 6.56. The largest absolute Gasteiger partial charge is 0.330 e. The Hall–Kier alpha value is -0.940. The summed E-state index contributed by atoms with van der Waals surface area (Å²) < 4.78 is 0. The van der Waals surface area contributed by atoms with Gasteiger partial charge in [-0.05, 0) is 26.3 Å². The van der Waals surface area contributed by atoms with E-state index in [4.69, 9.17) is 11.6 Å². The lowest BCUT2D eigenvalue weighted by atomic mass is 10.2. The van der Waals surface area contributed by atoms with Crippen molar-refractivity contribution in [2.24, 2.45) is 11.6 Å². The Bertz CT molecular complexity index is 182. The van der Waals surface area contributed by atoms with Crippen LogP contribution in [0, 0.1) is 0 Å². The van der Waals surface area contributed by atoms with Crippen molar-refractivity contribution in [1.29, 1.82) is 0 Å². The van der Waals surface area contributed by atoms with Crippen molar-refractivity contribution < 1.29 is 9.59 Å². The van der Waals surface area contributed by atoms with E-state index in [9.17, 15) is 9.59 Å². The van der Waals surface area contributed by atoms with E-state index >= 15 is 0 Å². The van der Waals surface area contributed by atoms with Crippen LogP contribution in [0.2, 0.25) is 0 Å². The van der Waals surface area contributed by atoms with E-state index in [1.165, 1.54) is 6.92 Å². The zero-order valence-corrected chi connectivity index (χ0v) is 7.95. The zero-order valence-electron chi connectivity index (χ0n) is 7.95. The molecule has 0 saturated carbocycles. The van der Waals surface area contributed by atoms with Crippen LogP contribution >= 0.6 is 0 Å². The quantitative estimate of drug-likeness (QED) is 0.191. The number of rotatable bonds is 6. The second-order valence-corrected chi connectivity index (χ2v) is 2.96. The minimum atomic E-state index is -0.329. The van der Waals surface area contributed by atoms with Gasteiger partial charge in [0.05, 0.1) is 6.42 Å². The maximum absolute atomic E-state index is 11.1. The Balaban J connectivity index is 3.63. The number of carbonyl (C=O) groups is 2. The van der Waals surface area contributed by atoms with Crippen LogP contribution in [0.5, 0.6) is 0 Å². The molecule has 0 rings (SSSR count). The molecule has 13 heavy (non-hydrogen) atoms. The van der Waals surface area contributed by atoms with Gasteiger partial charge in [-0.25, -0.2) is 5.84 Å². The molecule has 0 unspecified atom stereocenters. The van der Waals surface area contributed by atoms with Gasteiger partial charge in [-0.15, -0.1) is 0 Å². The van der Waals surface area contributed by atoms with Crippen LogP contribution in [0.4, 0.5) is 0 Å². The number of hydrazine groups is 1. The highest BCUT2D eigenvalue weighted by Gasteiger charge is 2.10. The summed E-state index contributed by atoms with van der Waals surface area (Å²) in [4.78, 5) is 21.7. The Morgan fingerprint density at radius 3 is 2.38 bits per heavy atom. The highest BCUT2D eigenvalue weighted by Crippen LogP contribution is 1.93. The summed E-state index contributed by atoms with van der Waals surface area (Å²) in [6, 6.07) is 0. The van der Waals surface area contributed by atoms with Crippen molar-refractivity contribution in [1.82, 2.24) is 5.01 Å². The third-order valence-electron chi connectivity index (χ3n) is 1.57. The van der Waals surface area contributed by atoms with Crippen molar-refractivity contribution in [3.63, 3.8) is 0 Å². The first-order chi connectivity index (χ1) is 6.07. The molecule has 1 amide bonds. The third kappa shape index (κ3) is 6.24. The summed E-state index contributed by atoms with van der Waals surface area (Å²) in [6.07, 6.45) is 1.50. The predicted octanol–water partition coefficient (Wildman–Crippen LogP) is -0.593. The molecular weight excluding hydrogens is 170 g/mol. The number of hydrogen-bond donors (Lipinski definition) is 2. The van der Waals surface area contributed by atoms with Gasteiger partial charge in [0.25, 0.3) is 0 Å². The first kappa shape index (κ1) is 12.1. The predicted molar refractivity (Wildman–Crippen MR) is 49.5 cm³/mol. The Morgan fingerprint density at radius 1 is 1.31 bits per heavy atom. The SMILES string of the molecule is CC(=O)CC(=O)N(N)CCCCN. The first-order valence-electron chi connectivity index (χ1n) is 4.32. The summed E-state index contributed by atoms with van der Waals surface area (Å²) >= 11 is 0. The maximum atomic E-state index is 11.1. The van der Waals surface area contributed by atoms with Gasteiger partial charge in [0, 0.05) is 6.54 Å². The van der Waals surface area contributed by atoms with E-state index in [0.29, 0.717) is 13.1 Å². The van der Waals surface area contributed by atoms with E-state index in [-0.39, 0.29) is 18.1 Å². The van der Waals surface area contributed by atoms with Gasteiger partial charge in [0.1, 0.15) is 5.78 Å². The summed E-state index contributed by atoms with van der Waals surface area (Å²) in [5.41, 5.74) is 5.27. The molecule has 0 aliphatic rings. The van der Waals surface area contributed by atoms with Crippen LogP contribution in [0.3, 0.4) is 0 Å². The summed E-state index contributed by atoms with van der Waals surface area (Å²) in [5, 5.41) is 1.08. The van der Waals surface area contributed by atoms with Crippen LogP contribution in [-0.2, 0) is 9.59 Å². The van der Waals surface area contributed by atoms with E-state index in [2.05, 4.69) is 0 Å². The second-order valence-electron chi connectivity index (χ2n) is 2.96. The van der Waals surface area contributed by atoms with Crippen LogP contribution in [-0.4, -0.2) is 29.8 Å². The molecule has 5 nitrogen and oxygen atoms in total. The van der Waals surface area contributed by atoms with Gasteiger partial charge in [-0.2, -0.15) is 0 Å².